The van der Waals surface area contributed by atoms with Crippen LogP contribution in [0.15, 0.2) is 24.3 Å². The maximum Gasteiger partial charge on any atom is 0.339 e. The Morgan fingerprint density at radius 1 is 1.30 bits per heavy atom. The highest BCUT2D eigenvalue weighted by molar-refractivity contribution is 7.89. The van der Waals surface area contributed by atoms with Gasteiger partial charge in [0, 0.05) is 31.5 Å². The van der Waals surface area contributed by atoms with Crippen molar-refractivity contribution in [3.8, 4) is 0 Å². The second-order valence-electron chi connectivity index (χ2n) is 5.66. The van der Waals surface area contributed by atoms with Crippen LogP contribution in [0.5, 0.6) is 0 Å². The highest BCUT2D eigenvalue weighted by Crippen LogP contribution is 2.44. The van der Waals surface area contributed by atoms with E-state index in [-0.39, 0.29) is 19.1 Å². The number of carbonyl (C=O) groups excluding carboxylic acids is 2. The molecule has 1 aromatic rings. The number of rotatable bonds is 3. The zero-order valence-corrected chi connectivity index (χ0v) is 13.5. The van der Waals surface area contributed by atoms with E-state index < -0.39 is 27.3 Å². The SMILES string of the molecule is COC(=O)CS(=O)(=O)N1CCC2(CC1)OC(=O)c1ccccc12. The smallest absolute Gasteiger partial charge is 0.339 e. The van der Waals surface area contributed by atoms with Crippen LogP contribution in [0.2, 0.25) is 0 Å². The first-order valence-electron chi connectivity index (χ1n) is 7.25. The Bertz CT molecular complexity index is 749. The van der Waals surface area contributed by atoms with Crippen LogP contribution in [0.25, 0.3) is 0 Å². The van der Waals surface area contributed by atoms with E-state index in [2.05, 4.69) is 4.74 Å². The molecular weight excluding hydrogens is 322 g/mol. The number of hydrogen-bond donors (Lipinski definition) is 0. The first kappa shape index (κ1) is 15.9. The maximum atomic E-state index is 12.2. The average Bonchev–Trinajstić information content (AvgIpc) is 2.80. The van der Waals surface area contributed by atoms with Crippen molar-refractivity contribution >= 4 is 22.0 Å². The van der Waals surface area contributed by atoms with Crippen molar-refractivity contribution in [3.63, 3.8) is 0 Å². The summed E-state index contributed by atoms with van der Waals surface area (Å²) in [5.74, 6) is -1.83. The number of carbonyl (C=O) groups is 2. The van der Waals surface area contributed by atoms with Gasteiger partial charge < -0.3 is 9.47 Å². The molecule has 7 nitrogen and oxygen atoms in total. The number of esters is 2. The van der Waals surface area contributed by atoms with Crippen LogP contribution in [0.3, 0.4) is 0 Å². The average molecular weight is 339 g/mol. The van der Waals surface area contributed by atoms with Gasteiger partial charge in [-0.2, -0.15) is 0 Å². The highest BCUT2D eigenvalue weighted by Gasteiger charge is 2.48. The molecule has 0 amide bonds. The van der Waals surface area contributed by atoms with E-state index in [1.165, 1.54) is 4.31 Å². The summed E-state index contributed by atoms with van der Waals surface area (Å²) in [6.45, 7) is 0.391. The van der Waals surface area contributed by atoms with E-state index >= 15 is 0 Å². The Kier molecular flexibility index (Phi) is 3.89. The van der Waals surface area contributed by atoms with E-state index in [1.54, 1.807) is 12.1 Å². The van der Waals surface area contributed by atoms with Crippen molar-refractivity contribution in [2.24, 2.45) is 0 Å². The van der Waals surface area contributed by atoms with Crippen molar-refractivity contribution in [1.29, 1.82) is 0 Å². The molecule has 0 radical (unpaired) electrons. The van der Waals surface area contributed by atoms with Gasteiger partial charge in [-0.25, -0.2) is 17.5 Å². The Morgan fingerprint density at radius 3 is 2.61 bits per heavy atom. The molecule has 3 rings (SSSR count). The second kappa shape index (κ2) is 5.61. The lowest BCUT2D eigenvalue weighted by atomic mass is 9.84. The topological polar surface area (TPSA) is 90.0 Å². The van der Waals surface area contributed by atoms with Gasteiger partial charge in [0.15, 0.2) is 5.75 Å². The van der Waals surface area contributed by atoms with Gasteiger partial charge in [0.05, 0.1) is 12.7 Å². The van der Waals surface area contributed by atoms with E-state index in [0.717, 1.165) is 12.7 Å². The molecule has 0 unspecified atom stereocenters. The molecule has 2 aliphatic rings. The van der Waals surface area contributed by atoms with Gasteiger partial charge in [0.1, 0.15) is 5.60 Å². The molecule has 0 bridgehead atoms. The lowest BCUT2D eigenvalue weighted by Crippen LogP contribution is -2.46. The first-order chi connectivity index (χ1) is 10.9. The zero-order chi connectivity index (χ0) is 16.7. The molecule has 23 heavy (non-hydrogen) atoms. The molecule has 0 aromatic heterocycles. The van der Waals surface area contributed by atoms with Crippen LogP contribution in [0, 0.1) is 0 Å². The normalized spacial score (nSPS) is 20.1. The summed E-state index contributed by atoms with van der Waals surface area (Å²) in [5.41, 5.74) is 0.596. The standard InChI is InChI=1S/C15H17NO6S/c1-21-13(17)10-23(19,20)16-8-6-15(7-9-16)12-5-3-2-4-11(12)14(18)22-15/h2-5H,6-10H2,1H3. The molecule has 124 valence electrons. The molecular formula is C15H17NO6S. The fourth-order valence-corrected chi connectivity index (χ4v) is 4.48. The van der Waals surface area contributed by atoms with Gasteiger partial charge in [-0.1, -0.05) is 18.2 Å². The third-order valence-electron chi connectivity index (χ3n) is 4.38. The fourth-order valence-electron chi connectivity index (χ4n) is 3.14. The number of nitrogens with zero attached hydrogens (tertiary/aromatic N) is 1. The predicted octanol–water partition coefficient (Wildman–Crippen LogP) is 0.651. The third-order valence-corrected chi connectivity index (χ3v) is 6.13. The van der Waals surface area contributed by atoms with Crippen LogP contribution in [0.1, 0.15) is 28.8 Å². The van der Waals surface area contributed by atoms with Gasteiger partial charge >= 0.3 is 11.9 Å². The van der Waals surface area contributed by atoms with Crippen molar-refractivity contribution < 1.29 is 27.5 Å². The number of benzene rings is 1. The Balaban J connectivity index is 1.77. The fraction of sp³-hybridized carbons (Fsp3) is 0.467. The lowest BCUT2D eigenvalue weighted by Gasteiger charge is -2.37. The lowest BCUT2D eigenvalue weighted by molar-refractivity contribution is -0.137. The molecule has 2 aliphatic heterocycles. The number of sulfonamides is 1. The van der Waals surface area contributed by atoms with Gasteiger partial charge in [0.25, 0.3) is 0 Å². The third kappa shape index (κ3) is 2.72. The van der Waals surface area contributed by atoms with E-state index in [4.69, 9.17) is 4.74 Å². The summed E-state index contributed by atoms with van der Waals surface area (Å²) in [5, 5.41) is 0. The number of fused-ring (bicyclic) bond motifs is 2. The van der Waals surface area contributed by atoms with Crippen molar-refractivity contribution in [3.05, 3.63) is 35.4 Å². The molecule has 1 spiro atoms. The largest absolute Gasteiger partial charge is 0.468 e. The summed E-state index contributed by atoms with van der Waals surface area (Å²) in [4.78, 5) is 23.2. The molecule has 1 aromatic carbocycles. The van der Waals surface area contributed by atoms with Crippen LogP contribution >= 0.6 is 0 Å². The molecule has 0 atom stereocenters. The molecule has 1 saturated heterocycles. The zero-order valence-electron chi connectivity index (χ0n) is 12.6. The minimum atomic E-state index is -3.71. The van der Waals surface area contributed by atoms with Gasteiger partial charge in [-0.05, 0) is 6.07 Å². The quantitative estimate of drug-likeness (QED) is 0.751. The van der Waals surface area contributed by atoms with E-state index in [1.807, 2.05) is 12.1 Å². The first-order valence-corrected chi connectivity index (χ1v) is 8.86. The van der Waals surface area contributed by atoms with E-state index in [0.29, 0.717) is 18.4 Å². The van der Waals surface area contributed by atoms with Crippen LogP contribution in [0.4, 0.5) is 0 Å². The van der Waals surface area contributed by atoms with Crippen molar-refractivity contribution in [1.82, 2.24) is 4.31 Å². The van der Waals surface area contributed by atoms with E-state index in [9.17, 15) is 18.0 Å². The molecule has 0 N–H and O–H groups in total. The predicted molar refractivity (Wildman–Crippen MR) is 80.1 cm³/mol. The van der Waals surface area contributed by atoms with Crippen LogP contribution < -0.4 is 0 Å². The van der Waals surface area contributed by atoms with Crippen LogP contribution in [-0.2, 0) is 29.9 Å². The highest BCUT2D eigenvalue weighted by atomic mass is 32.2. The molecule has 2 heterocycles. The minimum Gasteiger partial charge on any atom is -0.468 e. The Labute approximate surface area is 134 Å². The molecule has 0 aliphatic carbocycles. The molecule has 8 heteroatoms. The van der Waals surface area contributed by atoms with Gasteiger partial charge in [-0.3, -0.25) is 4.79 Å². The van der Waals surface area contributed by atoms with Gasteiger partial charge in [0.2, 0.25) is 10.0 Å². The summed E-state index contributed by atoms with van der Waals surface area (Å²) in [7, 11) is -2.56. The maximum absolute atomic E-state index is 12.2. The summed E-state index contributed by atoms with van der Waals surface area (Å²) in [6.07, 6.45) is 0.742. The number of hydrogen-bond acceptors (Lipinski definition) is 6. The van der Waals surface area contributed by atoms with Crippen molar-refractivity contribution in [2.75, 3.05) is 26.0 Å². The summed E-state index contributed by atoms with van der Waals surface area (Å²) < 4.78 is 35.6. The van der Waals surface area contributed by atoms with Crippen molar-refractivity contribution in [2.45, 2.75) is 18.4 Å². The molecule has 1 fully saturated rings. The van der Waals surface area contributed by atoms with Gasteiger partial charge in [-0.15, -0.1) is 0 Å². The Morgan fingerprint density at radius 2 is 1.96 bits per heavy atom. The summed E-state index contributed by atoms with van der Waals surface area (Å²) >= 11 is 0. The minimum absolute atomic E-state index is 0.195. The number of piperidine rings is 1. The second-order valence-corrected chi connectivity index (χ2v) is 7.63. The monoisotopic (exact) mass is 339 g/mol. The number of ether oxygens (including phenoxy) is 2. The Hall–Kier alpha value is -1.93. The number of methoxy groups -OCH3 is 1. The molecule has 0 saturated carbocycles. The van der Waals surface area contributed by atoms with Crippen LogP contribution in [-0.4, -0.2) is 50.6 Å². The summed E-state index contributed by atoms with van der Waals surface area (Å²) in [6, 6.07) is 7.17.